The van der Waals surface area contributed by atoms with Crippen LogP contribution in [-0.2, 0) is 9.53 Å². The molecule has 4 nitrogen and oxygen atoms in total. The summed E-state index contributed by atoms with van der Waals surface area (Å²) in [5.74, 6) is -0.635. The summed E-state index contributed by atoms with van der Waals surface area (Å²) in [5, 5.41) is 11.7. The molecule has 86 valence electrons. The molecule has 1 rings (SSSR count). The van der Waals surface area contributed by atoms with Gasteiger partial charge < -0.3 is 9.94 Å². The van der Waals surface area contributed by atoms with Crippen LogP contribution >= 0.6 is 0 Å². The van der Waals surface area contributed by atoms with Gasteiger partial charge in [0, 0.05) is 12.0 Å². The lowest BCUT2D eigenvalue weighted by atomic mass is 10.1. The minimum atomic E-state index is -0.635. The van der Waals surface area contributed by atoms with Gasteiger partial charge in [0.1, 0.15) is 0 Å². The number of esters is 1. The minimum Gasteiger partial charge on any atom is -0.623 e. The zero-order valence-electron chi connectivity index (χ0n) is 9.42. The molecule has 1 atom stereocenters. The van der Waals surface area contributed by atoms with Crippen molar-refractivity contribution in [2.45, 2.75) is 19.4 Å². The summed E-state index contributed by atoms with van der Waals surface area (Å²) in [6.45, 7) is 1.90. The van der Waals surface area contributed by atoms with Crippen LogP contribution in [0.5, 0.6) is 0 Å². The van der Waals surface area contributed by atoms with Crippen molar-refractivity contribution in [2.75, 3.05) is 7.11 Å². The smallest absolute Gasteiger partial charge is 0.396 e. The summed E-state index contributed by atoms with van der Waals surface area (Å²) in [7, 11) is 1.25. The van der Waals surface area contributed by atoms with Gasteiger partial charge in [-0.25, -0.2) is 4.79 Å². The van der Waals surface area contributed by atoms with Gasteiger partial charge >= 0.3 is 5.97 Å². The van der Waals surface area contributed by atoms with Crippen LogP contribution in [0.3, 0.4) is 0 Å². The Kier molecular flexibility index (Phi) is 4.51. The molecule has 0 saturated carbocycles. The number of ether oxygens (including phenoxy) is 1. The Morgan fingerprint density at radius 1 is 1.50 bits per heavy atom. The highest BCUT2D eigenvalue weighted by atomic mass is 16.5. The van der Waals surface area contributed by atoms with E-state index < -0.39 is 5.97 Å². The Balaban J connectivity index is 2.91. The van der Waals surface area contributed by atoms with E-state index in [4.69, 9.17) is 0 Å². The quantitative estimate of drug-likeness (QED) is 0.256. The molecule has 0 spiro atoms. The van der Waals surface area contributed by atoms with Gasteiger partial charge in [0.15, 0.2) is 6.04 Å². The molecule has 1 aromatic rings. The van der Waals surface area contributed by atoms with Crippen molar-refractivity contribution in [1.29, 1.82) is 0 Å². The molecule has 0 bridgehead atoms. The lowest BCUT2D eigenvalue weighted by Crippen LogP contribution is -2.18. The van der Waals surface area contributed by atoms with Gasteiger partial charge in [-0.15, -0.1) is 0 Å². The number of methoxy groups -OCH3 is 1. The standard InChI is InChI=1S/C12H15NO3/c1-3-11(10-7-5-4-6-8-10)13(15)9-12(14)16-2/h4-9,11H,3H2,1-2H3/b13-9+. The lowest BCUT2D eigenvalue weighted by molar-refractivity contribution is -0.503. The first-order chi connectivity index (χ1) is 7.69. The second-order valence-electron chi connectivity index (χ2n) is 3.35. The van der Waals surface area contributed by atoms with Crippen molar-refractivity contribution in [3.8, 4) is 0 Å². The molecule has 0 aliphatic rings. The van der Waals surface area contributed by atoms with Crippen LogP contribution in [0.15, 0.2) is 30.3 Å². The lowest BCUT2D eigenvalue weighted by Gasteiger charge is -2.15. The van der Waals surface area contributed by atoms with Crippen LogP contribution in [0.2, 0.25) is 0 Å². The average molecular weight is 221 g/mol. The van der Waals surface area contributed by atoms with Crippen LogP contribution in [0.25, 0.3) is 0 Å². The summed E-state index contributed by atoms with van der Waals surface area (Å²) in [5.41, 5.74) is 0.889. The third-order valence-electron chi connectivity index (χ3n) is 2.31. The predicted octanol–water partition coefficient (Wildman–Crippen LogP) is 1.89. The Morgan fingerprint density at radius 3 is 2.62 bits per heavy atom. The highest BCUT2D eigenvalue weighted by Gasteiger charge is 2.17. The highest BCUT2D eigenvalue weighted by molar-refractivity contribution is 6.20. The van der Waals surface area contributed by atoms with Crippen LogP contribution in [0, 0.1) is 5.21 Å². The molecule has 0 fully saturated rings. The van der Waals surface area contributed by atoms with E-state index in [9.17, 15) is 10.0 Å². The van der Waals surface area contributed by atoms with E-state index in [-0.39, 0.29) is 6.04 Å². The molecule has 0 amide bonds. The molecular formula is C12H15NO3. The average Bonchev–Trinajstić information content (AvgIpc) is 2.31. The number of nitrogens with zero attached hydrogens (tertiary/aromatic N) is 1. The second kappa shape index (κ2) is 5.90. The molecular weight excluding hydrogens is 206 g/mol. The van der Waals surface area contributed by atoms with E-state index in [0.29, 0.717) is 11.2 Å². The van der Waals surface area contributed by atoms with Crippen molar-refractivity contribution >= 4 is 12.2 Å². The second-order valence-corrected chi connectivity index (χ2v) is 3.35. The summed E-state index contributed by atoms with van der Waals surface area (Å²) >= 11 is 0. The van der Waals surface area contributed by atoms with E-state index in [1.165, 1.54) is 7.11 Å². The fraction of sp³-hybridized carbons (Fsp3) is 0.333. The maximum Gasteiger partial charge on any atom is 0.396 e. The minimum absolute atomic E-state index is 0.347. The number of carbonyl (C=O) groups is 1. The Bertz CT molecular complexity index is 373. The molecule has 0 heterocycles. The largest absolute Gasteiger partial charge is 0.623 e. The zero-order chi connectivity index (χ0) is 12.0. The molecule has 16 heavy (non-hydrogen) atoms. The van der Waals surface area contributed by atoms with Gasteiger partial charge in [0.05, 0.1) is 7.11 Å². The molecule has 0 N–H and O–H groups in total. The Morgan fingerprint density at radius 2 is 2.12 bits per heavy atom. The number of rotatable bonds is 4. The van der Waals surface area contributed by atoms with Gasteiger partial charge in [-0.3, -0.25) is 0 Å². The third-order valence-corrected chi connectivity index (χ3v) is 2.31. The number of hydrogen-bond acceptors (Lipinski definition) is 3. The van der Waals surface area contributed by atoms with Crippen LogP contribution in [0.1, 0.15) is 24.9 Å². The molecule has 0 saturated heterocycles. The highest BCUT2D eigenvalue weighted by Crippen LogP contribution is 2.19. The van der Waals surface area contributed by atoms with Crippen molar-refractivity contribution in [1.82, 2.24) is 0 Å². The summed E-state index contributed by atoms with van der Waals surface area (Å²) in [4.78, 5) is 11.0. The van der Waals surface area contributed by atoms with E-state index in [0.717, 1.165) is 11.8 Å². The zero-order valence-corrected chi connectivity index (χ0v) is 9.42. The van der Waals surface area contributed by atoms with Crippen LogP contribution in [0.4, 0.5) is 0 Å². The van der Waals surface area contributed by atoms with Gasteiger partial charge in [-0.1, -0.05) is 37.3 Å². The Hall–Kier alpha value is -1.84. The molecule has 0 aliphatic carbocycles. The maximum absolute atomic E-state index is 11.7. The fourth-order valence-corrected chi connectivity index (χ4v) is 1.48. The molecule has 4 heteroatoms. The number of hydrogen-bond donors (Lipinski definition) is 0. The molecule has 1 aromatic carbocycles. The fourth-order valence-electron chi connectivity index (χ4n) is 1.48. The third kappa shape index (κ3) is 3.08. The van der Waals surface area contributed by atoms with Crippen molar-refractivity contribution < 1.29 is 14.3 Å². The summed E-state index contributed by atoms with van der Waals surface area (Å²) in [6, 6.07) is 9.00. The van der Waals surface area contributed by atoms with E-state index in [1.54, 1.807) is 0 Å². The van der Waals surface area contributed by atoms with Crippen molar-refractivity contribution in [3.63, 3.8) is 0 Å². The van der Waals surface area contributed by atoms with Gasteiger partial charge in [-0.2, -0.15) is 4.74 Å². The van der Waals surface area contributed by atoms with Crippen molar-refractivity contribution in [2.24, 2.45) is 0 Å². The summed E-state index contributed by atoms with van der Waals surface area (Å²) < 4.78 is 5.06. The number of benzene rings is 1. The van der Waals surface area contributed by atoms with E-state index in [2.05, 4.69) is 4.74 Å². The molecule has 0 aliphatic heterocycles. The normalized spacial score (nSPS) is 13.2. The van der Waals surface area contributed by atoms with Crippen LogP contribution < -0.4 is 0 Å². The van der Waals surface area contributed by atoms with Crippen LogP contribution in [-0.4, -0.2) is 24.0 Å². The van der Waals surface area contributed by atoms with Gasteiger partial charge in [0.25, 0.3) is 6.21 Å². The first kappa shape index (κ1) is 12.2. The SMILES string of the molecule is CCC(c1ccccc1)/[N+]([O-])=C\C(=O)OC. The number of carbonyl (C=O) groups excluding carboxylic acids is 1. The first-order valence-corrected chi connectivity index (χ1v) is 5.12. The molecule has 0 radical (unpaired) electrons. The van der Waals surface area contributed by atoms with E-state index >= 15 is 0 Å². The monoisotopic (exact) mass is 221 g/mol. The summed E-state index contributed by atoms with van der Waals surface area (Å²) in [6.07, 6.45) is 1.56. The molecule has 0 aromatic heterocycles. The Labute approximate surface area is 94.7 Å². The molecule has 1 unspecified atom stereocenters. The maximum atomic E-state index is 11.7. The predicted molar refractivity (Wildman–Crippen MR) is 61.2 cm³/mol. The van der Waals surface area contributed by atoms with Crippen molar-refractivity contribution in [3.05, 3.63) is 41.1 Å². The topological polar surface area (TPSA) is 52.4 Å². The van der Waals surface area contributed by atoms with Gasteiger partial charge in [0.2, 0.25) is 0 Å². The van der Waals surface area contributed by atoms with E-state index in [1.807, 2.05) is 37.3 Å². The van der Waals surface area contributed by atoms with Gasteiger partial charge in [-0.05, 0) is 0 Å². The number of hydroxylamine groups is 1. The first-order valence-electron chi connectivity index (χ1n) is 5.12.